The maximum atomic E-state index is 12.2. The number of sulfone groups is 1. The number of nitrogens with zero attached hydrogens (tertiary/aromatic N) is 1. The zero-order valence-electron chi connectivity index (χ0n) is 11.2. The predicted molar refractivity (Wildman–Crippen MR) is 76.0 cm³/mol. The molecule has 1 aromatic carbocycles. The Morgan fingerprint density at radius 1 is 1.25 bits per heavy atom. The van der Waals surface area contributed by atoms with Gasteiger partial charge >= 0.3 is 0 Å². The average molecular weight is 317 g/mol. The van der Waals surface area contributed by atoms with Crippen LogP contribution >= 0.6 is 0 Å². The van der Waals surface area contributed by atoms with Crippen molar-refractivity contribution in [3.63, 3.8) is 0 Å². The van der Waals surface area contributed by atoms with E-state index in [0.29, 0.717) is 16.2 Å². The number of rotatable bonds is 3. The van der Waals surface area contributed by atoms with Crippen molar-refractivity contribution >= 4 is 26.5 Å². The van der Waals surface area contributed by atoms with Crippen LogP contribution in [0.25, 0.3) is 0 Å². The van der Waals surface area contributed by atoms with Crippen LogP contribution in [0.5, 0.6) is 0 Å². The van der Waals surface area contributed by atoms with Crippen molar-refractivity contribution in [2.45, 2.75) is 25.0 Å². The van der Waals surface area contributed by atoms with Gasteiger partial charge in [0.15, 0.2) is 27.1 Å². The predicted octanol–water partition coefficient (Wildman–Crippen LogP) is 1.68. The molecular formula is C12H15NO5S2. The van der Waals surface area contributed by atoms with E-state index < -0.39 is 27.1 Å². The fraction of sp³-hybridized carbons (Fsp3) is 0.333. The molecule has 0 saturated heterocycles. The third-order valence-electron chi connectivity index (χ3n) is 3.20. The van der Waals surface area contributed by atoms with Crippen LogP contribution in [0, 0.1) is 0 Å². The molecule has 0 bridgehead atoms. The van der Waals surface area contributed by atoms with E-state index in [9.17, 15) is 12.6 Å². The highest BCUT2D eigenvalue weighted by molar-refractivity contribution is 7.91. The van der Waals surface area contributed by atoms with E-state index in [4.69, 9.17) is 5.26 Å². The van der Waals surface area contributed by atoms with Gasteiger partial charge in [0.1, 0.15) is 0 Å². The molecule has 0 radical (unpaired) electrons. The first-order chi connectivity index (χ1) is 9.27. The minimum absolute atomic E-state index is 0.175. The van der Waals surface area contributed by atoms with Crippen LogP contribution in [0.3, 0.4) is 0 Å². The summed E-state index contributed by atoms with van der Waals surface area (Å²) in [5, 5.41) is 8.98. The lowest BCUT2D eigenvalue weighted by atomic mass is 10.2. The molecule has 0 fully saturated rings. The molecule has 1 heterocycles. The van der Waals surface area contributed by atoms with Crippen molar-refractivity contribution in [1.82, 2.24) is 0 Å². The average Bonchev–Trinajstić information content (AvgIpc) is 2.62. The first-order valence-corrected chi connectivity index (χ1v) is 8.76. The lowest BCUT2D eigenvalue weighted by Gasteiger charge is -2.23. The molecule has 0 aliphatic carbocycles. The number of anilines is 1. The van der Waals surface area contributed by atoms with Crippen molar-refractivity contribution in [2.24, 2.45) is 0 Å². The summed E-state index contributed by atoms with van der Waals surface area (Å²) in [6, 6.07) is 5.93. The fourth-order valence-corrected chi connectivity index (χ4v) is 3.90. The van der Waals surface area contributed by atoms with Crippen molar-refractivity contribution in [1.29, 1.82) is 0 Å². The number of allylic oxidation sites excluding steroid dienone is 1. The van der Waals surface area contributed by atoms with Crippen LogP contribution in [0.15, 0.2) is 39.6 Å². The summed E-state index contributed by atoms with van der Waals surface area (Å²) < 4.78 is 36.4. The Bertz CT molecular complexity index is 678. The van der Waals surface area contributed by atoms with Crippen LogP contribution in [-0.2, 0) is 25.7 Å². The Morgan fingerprint density at radius 2 is 1.80 bits per heavy atom. The van der Waals surface area contributed by atoms with E-state index in [0.717, 1.165) is 6.26 Å². The van der Waals surface area contributed by atoms with Crippen LogP contribution in [-0.4, -0.2) is 30.4 Å². The van der Waals surface area contributed by atoms with Crippen LogP contribution in [0.2, 0.25) is 0 Å². The Hall–Kier alpha value is -1.22. The minimum Gasteiger partial charge on any atom is -0.254 e. The van der Waals surface area contributed by atoms with Gasteiger partial charge in [-0.2, -0.15) is 0 Å². The molecule has 20 heavy (non-hydrogen) atoms. The summed E-state index contributed by atoms with van der Waals surface area (Å²) in [4.78, 5) is 5.17. The van der Waals surface area contributed by atoms with Crippen LogP contribution in [0.4, 0.5) is 5.69 Å². The van der Waals surface area contributed by atoms with Gasteiger partial charge in [0, 0.05) is 11.2 Å². The second-order valence-corrected chi connectivity index (χ2v) is 8.06. The highest BCUT2D eigenvalue weighted by Gasteiger charge is 2.36. The SMILES string of the molecule is CC1=C(C)S(=O)N(c2ccc(S(C)(=O)=O)cc2)[C@H]1OO. The first-order valence-electron chi connectivity index (χ1n) is 5.76. The second-order valence-electron chi connectivity index (χ2n) is 4.54. The zero-order chi connectivity index (χ0) is 15.1. The summed E-state index contributed by atoms with van der Waals surface area (Å²) in [6.07, 6.45) is 0.283. The van der Waals surface area contributed by atoms with Gasteiger partial charge in [0.05, 0.1) is 10.6 Å². The topological polar surface area (TPSA) is 83.9 Å². The van der Waals surface area contributed by atoms with E-state index >= 15 is 0 Å². The summed E-state index contributed by atoms with van der Waals surface area (Å²) >= 11 is 0. The highest BCUT2D eigenvalue weighted by Crippen LogP contribution is 2.34. The van der Waals surface area contributed by atoms with Crippen molar-refractivity contribution < 1.29 is 22.8 Å². The molecule has 0 amide bonds. The molecular weight excluding hydrogens is 302 g/mol. The molecule has 2 rings (SSSR count). The van der Waals surface area contributed by atoms with Gasteiger partial charge in [-0.15, -0.1) is 0 Å². The Labute approximate surface area is 120 Å². The van der Waals surface area contributed by atoms with Crippen molar-refractivity contribution in [3.8, 4) is 0 Å². The lowest BCUT2D eigenvalue weighted by Crippen LogP contribution is -2.33. The molecule has 8 heteroatoms. The third-order valence-corrected chi connectivity index (χ3v) is 5.93. The van der Waals surface area contributed by atoms with Crippen LogP contribution < -0.4 is 4.31 Å². The van der Waals surface area contributed by atoms with E-state index in [2.05, 4.69) is 4.89 Å². The molecule has 0 saturated carbocycles. The van der Waals surface area contributed by atoms with Crippen molar-refractivity contribution in [3.05, 3.63) is 34.7 Å². The first kappa shape index (κ1) is 15.2. The normalized spacial score (nSPS) is 23.5. The smallest absolute Gasteiger partial charge is 0.199 e. The summed E-state index contributed by atoms with van der Waals surface area (Å²) in [7, 11) is -4.75. The maximum Gasteiger partial charge on any atom is 0.199 e. The maximum absolute atomic E-state index is 12.2. The quantitative estimate of drug-likeness (QED) is 0.677. The Morgan fingerprint density at radius 3 is 2.25 bits per heavy atom. The minimum atomic E-state index is -3.28. The molecule has 1 aliphatic rings. The largest absolute Gasteiger partial charge is 0.254 e. The Balaban J connectivity index is 2.40. The monoisotopic (exact) mass is 317 g/mol. The van der Waals surface area contributed by atoms with Gasteiger partial charge in [0.2, 0.25) is 0 Å². The summed E-state index contributed by atoms with van der Waals surface area (Å²) in [6.45, 7) is 3.42. The number of hydrogen-bond donors (Lipinski definition) is 1. The van der Waals surface area contributed by atoms with E-state index in [-0.39, 0.29) is 4.90 Å². The Kier molecular flexibility index (Phi) is 4.01. The summed E-state index contributed by atoms with van der Waals surface area (Å²) in [5.41, 5.74) is 1.17. The number of hydrogen-bond acceptors (Lipinski definition) is 5. The molecule has 0 spiro atoms. The van der Waals surface area contributed by atoms with Gasteiger partial charge in [-0.05, 0) is 43.7 Å². The van der Waals surface area contributed by atoms with Gasteiger partial charge in [-0.1, -0.05) is 0 Å². The third kappa shape index (κ3) is 2.51. The molecule has 1 aliphatic heterocycles. The van der Waals surface area contributed by atoms with Gasteiger partial charge in [-0.25, -0.2) is 22.8 Å². The van der Waals surface area contributed by atoms with E-state index in [1.54, 1.807) is 13.8 Å². The highest BCUT2D eigenvalue weighted by atomic mass is 32.2. The molecule has 1 aromatic rings. The van der Waals surface area contributed by atoms with Crippen molar-refractivity contribution in [2.75, 3.05) is 10.6 Å². The van der Waals surface area contributed by atoms with E-state index in [1.165, 1.54) is 28.6 Å². The molecule has 1 unspecified atom stereocenters. The van der Waals surface area contributed by atoms with Crippen LogP contribution in [0.1, 0.15) is 13.8 Å². The summed E-state index contributed by atoms with van der Waals surface area (Å²) in [5.74, 6) is 0. The van der Waals surface area contributed by atoms with Gasteiger partial charge < -0.3 is 0 Å². The fourth-order valence-electron chi connectivity index (χ4n) is 1.92. The molecule has 2 atom stereocenters. The standard InChI is InChI=1S/C12H15NO5S2/c1-8-9(2)19(15)13(12(8)18-14)10-4-6-11(7-5-10)20(3,16)17/h4-7,12,14H,1-3H3/t12-,19?/m0/s1. The number of benzene rings is 1. The second kappa shape index (κ2) is 5.28. The molecule has 6 nitrogen and oxygen atoms in total. The molecule has 1 N–H and O–H groups in total. The van der Waals surface area contributed by atoms with Gasteiger partial charge in [0.25, 0.3) is 0 Å². The molecule has 0 aromatic heterocycles. The zero-order valence-corrected chi connectivity index (χ0v) is 12.9. The molecule has 110 valence electrons. The van der Waals surface area contributed by atoms with Gasteiger partial charge in [-0.3, -0.25) is 4.31 Å². The lowest BCUT2D eigenvalue weighted by molar-refractivity contribution is -0.264. The van der Waals surface area contributed by atoms with E-state index in [1.807, 2.05) is 0 Å².